The average Bonchev–Trinajstić information content (AvgIpc) is 4.52. The van der Waals surface area contributed by atoms with Crippen LogP contribution in [0.2, 0.25) is 0 Å². The summed E-state index contributed by atoms with van der Waals surface area (Å²) < 4.78 is 9.80. The van der Waals surface area contributed by atoms with Crippen molar-refractivity contribution >= 4 is 133 Å². The third-order valence-electron chi connectivity index (χ3n) is 16.8. The fourth-order valence-electron chi connectivity index (χ4n) is 13.2. The van der Waals surface area contributed by atoms with Gasteiger partial charge >= 0.3 is 0 Å². The zero-order valence-corrected chi connectivity index (χ0v) is 45.7. The van der Waals surface area contributed by atoms with Crippen LogP contribution in [-0.2, 0) is 26.2 Å². The Balaban J connectivity index is 0.793. The van der Waals surface area contributed by atoms with Crippen molar-refractivity contribution in [2.45, 2.75) is 53.9 Å². The number of hydrogen-bond acceptors (Lipinski definition) is 3. The molecule has 0 fully saturated rings. The second kappa shape index (κ2) is 18.7. The van der Waals surface area contributed by atoms with Gasteiger partial charge in [0.2, 0.25) is 0 Å². The second-order valence-electron chi connectivity index (χ2n) is 20.8. The van der Waals surface area contributed by atoms with Crippen molar-refractivity contribution < 1.29 is 0 Å². The van der Waals surface area contributed by atoms with E-state index in [1.807, 2.05) is 11.3 Å². The molecular formula is C72H58N6S. The van der Waals surface area contributed by atoms with E-state index in [1.165, 1.54) is 108 Å². The Morgan fingerprint density at radius 1 is 0.253 bits per heavy atom. The van der Waals surface area contributed by atoms with Crippen LogP contribution in [0.25, 0.3) is 108 Å². The standard InChI is InChI=1S/C72H58N6S/c1-5-73-63-21-13-9-17-55(63)59-37-33-51(43-67(59)73)77(52-34-38-60-56-18-10-14-22-64(56)74(6-2)68(60)44-52)49-29-25-47(26-30-49)71-41-42-72(79-71)48-27-31-50(32-28-48)78(53-35-39-61-57-19-11-15-23-65(57)75(7-3)69(61)45-53)54-36-40-62-58-20-12-16-24-66(58)76(8-4)70(62)46-54/h9-46H,5-8H2,1-4H3. The van der Waals surface area contributed by atoms with Gasteiger partial charge in [0, 0.05) is 135 Å². The van der Waals surface area contributed by atoms with E-state index >= 15 is 0 Å². The molecule has 0 saturated carbocycles. The van der Waals surface area contributed by atoms with Gasteiger partial charge in [-0.2, -0.15) is 0 Å². The fourth-order valence-corrected chi connectivity index (χ4v) is 14.2. The van der Waals surface area contributed by atoms with Crippen molar-refractivity contribution in [2.75, 3.05) is 9.80 Å². The topological polar surface area (TPSA) is 26.2 Å². The quantitative estimate of drug-likeness (QED) is 0.122. The first-order valence-electron chi connectivity index (χ1n) is 27.9. The van der Waals surface area contributed by atoms with Crippen molar-refractivity contribution in [1.82, 2.24) is 18.3 Å². The van der Waals surface area contributed by atoms with E-state index in [1.54, 1.807) is 0 Å². The highest BCUT2D eigenvalue weighted by Crippen LogP contribution is 2.45. The normalized spacial score (nSPS) is 12.0. The molecule has 5 aromatic heterocycles. The van der Waals surface area contributed by atoms with Gasteiger partial charge in [-0.25, -0.2) is 0 Å². The zero-order chi connectivity index (χ0) is 52.9. The minimum Gasteiger partial charge on any atom is -0.341 e. The van der Waals surface area contributed by atoms with Crippen LogP contribution >= 0.6 is 11.3 Å². The van der Waals surface area contributed by atoms with Crippen molar-refractivity contribution in [2.24, 2.45) is 0 Å². The summed E-state index contributed by atoms with van der Waals surface area (Å²) in [7, 11) is 0. The lowest BCUT2D eigenvalue weighted by Gasteiger charge is -2.26. The third kappa shape index (κ3) is 7.37. The van der Waals surface area contributed by atoms with Crippen LogP contribution in [0, 0.1) is 0 Å². The lowest BCUT2D eigenvalue weighted by molar-refractivity contribution is 0.827. The monoisotopic (exact) mass is 1040 g/mol. The van der Waals surface area contributed by atoms with E-state index in [-0.39, 0.29) is 0 Å². The van der Waals surface area contributed by atoms with Crippen LogP contribution in [0.15, 0.2) is 231 Å². The molecule has 15 rings (SSSR count). The van der Waals surface area contributed by atoms with Crippen LogP contribution in [0.4, 0.5) is 34.1 Å². The number of anilines is 6. The molecule has 10 aromatic carbocycles. The van der Waals surface area contributed by atoms with Crippen molar-refractivity contribution in [3.05, 3.63) is 231 Å². The van der Waals surface area contributed by atoms with Gasteiger partial charge in [0.15, 0.2) is 0 Å². The average molecular weight is 1040 g/mol. The summed E-state index contributed by atoms with van der Waals surface area (Å²) in [6, 6.07) is 86.1. The predicted octanol–water partition coefficient (Wildman–Crippen LogP) is 20.5. The molecular weight excluding hydrogens is 981 g/mol. The number of aromatic nitrogens is 4. The highest BCUT2D eigenvalue weighted by atomic mass is 32.1. The van der Waals surface area contributed by atoms with Gasteiger partial charge < -0.3 is 28.1 Å². The van der Waals surface area contributed by atoms with Crippen molar-refractivity contribution in [3.8, 4) is 20.9 Å². The highest BCUT2D eigenvalue weighted by Gasteiger charge is 2.22. The Labute approximate surface area is 463 Å². The number of fused-ring (bicyclic) bond motifs is 12. The maximum absolute atomic E-state index is 2.45. The summed E-state index contributed by atoms with van der Waals surface area (Å²) in [5, 5.41) is 10.3. The largest absolute Gasteiger partial charge is 0.341 e. The number of aryl methyl sites for hydroxylation is 4. The van der Waals surface area contributed by atoms with Crippen molar-refractivity contribution in [1.29, 1.82) is 0 Å². The van der Waals surface area contributed by atoms with Crippen LogP contribution in [0.5, 0.6) is 0 Å². The molecule has 0 aliphatic heterocycles. The molecule has 382 valence electrons. The number of hydrogen-bond donors (Lipinski definition) is 0. The molecule has 0 amide bonds. The molecule has 0 atom stereocenters. The van der Waals surface area contributed by atoms with Gasteiger partial charge in [-0.05, 0) is 148 Å². The van der Waals surface area contributed by atoms with E-state index < -0.39 is 0 Å². The molecule has 6 nitrogen and oxygen atoms in total. The summed E-state index contributed by atoms with van der Waals surface area (Å²) in [6.45, 7) is 12.5. The summed E-state index contributed by atoms with van der Waals surface area (Å²) in [6.07, 6.45) is 0. The molecule has 15 aromatic rings. The lowest BCUT2D eigenvalue weighted by Crippen LogP contribution is -2.10. The van der Waals surface area contributed by atoms with Crippen molar-refractivity contribution in [3.63, 3.8) is 0 Å². The molecule has 7 heteroatoms. The molecule has 0 saturated heterocycles. The third-order valence-corrected chi connectivity index (χ3v) is 17.9. The summed E-state index contributed by atoms with van der Waals surface area (Å²) >= 11 is 1.84. The molecule has 0 aliphatic carbocycles. The minimum atomic E-state index is 0.891. The van der Waals surface area contributed by atoms with Gasteiger partial charge in [0.05, 0.1) is 22.1 Å². The smallest absolute Gasteiger partial charge is 0.0512 e. The van der Waals surface area contributed by atoms with Gasteiger partial charge in [-0.15, -0.1) is 11.3 Å². The maximum Gasteiger partial charge on any atom is 0.0512 e. The Morgan fingerprint density at radius 2 is 0.494 bits per heavy atom. The number of benzene rings is 10. The van der Waals surface area contributed by atoms with E-state index in [9.17, 15) is 0 Å². The first-order valence-corrected chi connectivity index (χ1v) is 28.8. The summed E-state index contributed by atoms with van der Waals surface area (Å²) in [4.78, 5) is 7.35. The van der Waals surface area contributed by atoms with E-state index in [2.05, 4.69) is 286 Å². The van der Waals surface area contributed by atoms with Gasteiger partial charge in [-0.3, -0.25) is 0 Å². The van der Waals surface area contributed by atoms with E-state index in [4.69, 9.17) is 0 Å². The van der Waals surface area contributed by atoms with Gasteiger partial charge in [0.1, 0.15) is 0 Å². The fraction of sp³-hybridized carbons (Fsp3) is 0.111. The number of nitrogens with zero attached hydrogens (tertiary/aromatic N) is 6. The summed E-state index contributed by atoms with van der Waals surface area (Å²) in [5.41, 5.74) is 19.2. The van der Waals surface area contributed by atoms with Crippen LogP contribution in [0.1, 0.15) is 27.7 Å². The first-order chi connectivity index (χ1) is 39.0. The lowest BCUT2D eigenvalue weighted by atomic mass is 10.1. The molecule has 0 N–H and O–H groups in total. The molecule has 79 heavy (non-hydrogen) atoms. The zero-order valence-electron chi connectivity index (χ0n) is 44.9. The van der Waals surface area contributed by atoms with Crippen LogP contribution in [-0.4, -0.2) is 18.3 Å². The van der Waals surface area contributed by atoms with Gasteiger partial charge in [0.25, 0.3) is 0 Å². The maximum atomic E-state index is 2.45. The van der Waals surface area contributed by atoms with Gasteiger partial charge in [-0.1, -0.05) is 121 Å². The second-order valence-corrected chi connectivity index (χ2v) is 21.9. The number of rotatable bonds is 12. The summed E-state index contributed by atoms with van der Waals surface area (Å²) in [5.74, 6) is 0. The molecule has 0 spiro atoms. The first kappa shape index (κ1) is 47.0. The number of thiophene rings is 1. The van der Waals surface area contributed by atoms with Crippen LogP contribution in [0.3, 0.4) is 0 Å². The molecule has 0 bridgehead atoms. The van der Waals surface area contributed by atoms with Crippen LogP contribution < -0.4 is 9.80 Å². The van der Waals surface area contributed by atoms with E-state index in [0.717, 1.165) is 60.3 Å². The Morgan fingerprint density at radius 3 is 0.759 bits per heavy atom. The molecule has 5 heterocycles. The number of para-hydroxylation sites is 4. The molecule has 0 aliphatic rings. The Hall–Kier alpha value is -9.30. The molecule has 0 unspecified atom stereocenters. The Kier molecular flexibility index (Phi) is 11.1. The highest BCUT2D eigenvalue weighted by molar-refractivity contribution is 7.18. The van der Waals surface area contributed by atoms with E-state index in [0.29, 0.717) is 0 Å². The predicted molar refractivity (Wildman–Crippen MR) is 339 cm³/mol. The minimum absolute atomic E-state index is 0.891. The molecule has 0 radical (unpaired) electrons. The Bertz CT molecular complexity index is 4300. The SMILES string of the molecule is CCn1c2ccccc2c2ccc(N(c3ccc(-c4ccc(-c5ccc(N(c6ccc7c8ccccc8n(CC)c7c6)c6ccc7c8ccccc8n(CC)c7c6)cc5)s4)cc3)c3ccc4c5ccccc5n(CC)c4c3)cc21.